The molecule has 0 saturated carbocycles. The Labute approximate surface area is 191 Å². The molecule has 1 N–H and O–H groups in total. The minimum absolute atomic E-state index is 0.291. The number of nitrogens with one attached hydrogen (secondary N) is 1. The Morgan fingerprint density at radius 1 is 1.13 bits per heavy atom. The Morgan fingerprint density at radius 2 is 1.87 bits per heavy atom. The van der Waals surface area contributed by atoms with Crippen LogP contribution in [0.1, 0.15) is 40.5 Å². The van der Waals surface area contributed by atoms with Crippen LogP contribution in [0.25, 0.3) is 10.9 Å². The number of phosphoric acid groups is 1. The number of hydrogen-bond acceptors (Lipinski definition) is 7. The van der Waals surface area contributed by atoms with Crippen molar-refractivity contribution in [2.45, 2.75) is 46.6 Å². The van der Waals surface area contributed by atoms with Gasteiger partial charge in [-0.2, -0.15) is 0 Å². The Morgan fingerprint density at radius 3 is 2.55 bits per heavy atom. The van der Waals surface area contributed by atoms with E-state index in [1.54, 1.807) is 20.0 Å². The normalized spacial score (nSPS) is 13.1. The first-order chi connectivity index (χ1) is 14.9. The average Bonchev–Trinajstić information content (AvgIpc) is 2.73. The predicted octanol–water partition coefficient (Wildman–Crippen LogP) is 5.99. The Kier molecular flexibility index (Phi) is 11.2. The highest BCUT2D eigenvalue weighted by Crippen LogP contribution is 2.48. The molecule has 2 rings (SSSR count). The van der Waals surface area contributed by atoms with E-state index in [0.29, 0.717) is 37.4 Å². The summed E-state index contributed by atoms with van der Waals surface area (Å²) in [5.74, 6) is 0. The number of nitrogens with zero attached hydrogens (tertiary/aromatic N) is 2. The number of rotatable bonds is 15. The van der Waals surface area contributed by atoms with Gasteiger partial charge in [0.25, 0.3) is 0 Å². The Hall–Kier alpha value is -1.21. The maximum Gasteiger partial charge on any atom is 0.474 e. The van der Waals surface area contributed by atoms with Crippen LogP contribution >= 0.6 is 19.4 Å². The number of fused-ring (bicyclic) bond motifs is 1. The van der Waals surface area contributed by atoms with Gasteiger partial charge in [0.15, 0.2) is 0 Å². The van der Waals surface area contributed by atoms with Crippen molar-refractivity contribution in [2.75, 3.05) is 44.8 Å². The van der Waals surface area contributed by atoms with E-state index in [2.05, 4.69) is 29.0 Å². The standard InChI is InChI=1S/C22H35ClN3O4P/c1-5-26(15-16-30-31(27,28-6-2)29-7-3)14-8-9-18(4)25-21-12-13-24-22-17-19(23)10-11-20(21)22/h10-13,17-18H,5-9,14-16H2,1-4H3,(H,24,25)/t18-/m1/s1. The third-order valence-electron chi connectivity index (χ3n) is 4.90. The molecule has 0 bridgehead atoms. The van der Waals surface area contributed by atoms with Gasteiger partial charge in [-0.3, -0.25) is 18.6 Å². The van der Waals surface area contributed by atoms with Gasteiger partial charge in [0.2, 0.25) is 0 Å². The molecule has 174 valence electrons. The van der Waals surface area contributed by atoms with Gasteiger partial charge in [-0.15, -0.1) is 0 Å². The molecule has 1 atom stereocenters. The van der Waals surface area contributed by atoms with Crippen molar-refractivity contribution in [1.82, 2.24) is 9.88 Å². The summed E-state index contributed by atoms with van der Waals surface area (Å²) in [6.45, 7) is 11.2. The second-order valence-electron chi connectivity index (χ2n) is 7.26. The molecule has 0 radical (unpaired) electrons. The molecule has 9 heteroatoms. The SMILES string of the molecule is CCOP(=O)(OCC)OCCN(CC)CCC[C@@H](C)Nc1ccnc2cc(Cl)ccc12. The molecule has 0 aliphatic rings. The van der Waals surface area contributed by atoms with Crippen molar-refractivity contribution in [3.05, 3.63) is 35.5 Å². The number of hydrogen-bond donors (Lipinski definition) is 1. The summed E-state index contributed by atoms with van der Waals surface area (Å²) in [4.78, 5) is 6.67. The van der Waals surface area contributed by atoms with Gasteiger partial charge in [-0.25, -0.2) is 4.57 Å². The van der Waals surface area contributed by atoms with Crippen molar-refractivity contribution >= 4 is 36.0 Å². The molecule has 0 unspecified atom stereocenters. The molecule has 7 nitrogen and oxygen atoms in total. The van der Waals surface area contributed by atoms with Crippen molar-refractivity contribution < 1.29 is 18.1 Å². The van der Waals surface area contributed by atoms with Gasteiger partial charge in [-0.05, 0) is 71.0 Å². The topological polar surface area (TPSA) is 72.9 Å². The van der Waals surface area contributed by atoms with Crippen molar-refractivity contribution in [2.24, 2.45) is 0 Å². The Bertz CT molecular complexity index is 845. The number of aromatic nitrogens is 1. The molecule has 0 fully saturated rings. The summed E-state index contributed by atoms with van der Waals surface area (Å²) >= 11 is 6.08. The first-order valence-corrected chi connectivity index (χ1v) is 12.8. The lowest BCUT2D eigenvalue weighted by molar-refractivity contribution is 0.109. The molecular weight excluding hydrogens is 437 g/mol. The molecule has 31 heavy (non-hydrogen) atoms. The summed E-state index contributed by atoms with van der Waals surface area (Å²) in [6.07, 6.45) is 3.85. The number of anilines is 1. The predicted molar refractivity (Wildman–Crippen MR) is 128 cm³/mol. The van der Waals surface area contributed by atoms with Crippen molar-refractivity contribution in [1.29, 1.82) is 0 Å². The molecule has 1 aromatic heterocycles. The number of benzene rings is 1. The molecule has 1 heterocycles. The number of pyridine rings is 1. The van der Waals surface area contributed by atoms with Crippen LogP contribution in [0.4, 0.5) is 5.69 Å². The second-order valence-corrected chi connectivity index (χ2v) is 9.36. The van der Waals surface area contributed by atoms with Crippen LogP contribution in [0.2, 0.25) is 5.02 Å². The molecule has 1 aromatic carbocycles. The van der Waals surface area contributed by atoms with Crippen LogP contribution in [0.3, 0.4) is 0 Å². The minimum Gasteiger partial charge on any atom is -0.382 e. The van der Waals surface area contributed by atoms with Crippen LogP contribution in [-0.2, 0) is 18.1 Å². The number of phosphoric ester groups is 1. The number of likely N-dealkylation sites (N-methyl/N-ethyl adjacent to an activating group) is 1. The molecule has 0 amide bonds. The van der Waals surface area contributed by atoms with Crippen LogP contribution < -0.4 is 5.32 Å². The van der Waals surface area contributed by atoms with Gasteiger partial charge in [0, 0.05) is 34.9 Å². The molecule has 0 spiro atoms. The third kappa shape index (κ3) is 8.68. The summed E-state index contributed by atoms with van der Waals surface area (Å²) in [5, 5.41) is 5.35. The fourth-order valence-electron chi connectivity index (χ4n) is 3.34. The number of halogens is 1. The van der Waals surface area contributed by atoms with Gasteiger partial charge in [0.05, 0.1) is 25.3 Å². The second kappa shape index (κ2) is 13.4. The maximum absolute atomic E-state index is 12.4. The minimum atomic E-state index is -3.44. The van der Waals surface area contributed by atoms with E-state index in [4.69, 9.17) is 25.2 Å². The van der Waals surface area contributed by atoms with Gasteiger partial charge in [-0.1, -0.05) is 18.5 Å². The lowest BCUT2D eigenvalue weighted by atomic mass is 10.1. The summed E-state index contributed by atoms with van der Waals surface area (Å²) < 4.78 is 28.1. The monoisotopic (exact) mass is 471 g/mol. The highest BCUT2D eigenvalue weighted by molar-refractivity contribution is 7.48. The molecule has 0 saturated heterocycles. The van der Waals surface area contributed by atoms with E-state index in [0.717, 1.165) is 42.5 Å². The highest BCUT2D eigenvalue weighted by atomic mass is 35.5. The average molecular weight is 472 g/mol. The van der Waals surface area contributed by atoms with Crippen LogP contribution in [0.5, 0.6) is 0 Å². The van der Waals surface area contributed by atoms with Gasteiger partial charge < -0.3 is 10.2 Å². The highest BCUT2D eigenvalue weighted by Gasteiger charge is 2.25. The fraction of sp³-hybridized carbons (Fsp3) is 0.591. The Balaban J connectivity index is 1.77. The molecule has 2 aromatic rings. The smallest absolute Gasteiger partial charge is 0.382 e. The van der Waals surface area contributed by atoms with E-state index in [9.17, 15) is 4.57 Å². The molecule has 0 aliphatic heterocycles. The lowest BCUT2D eigenvalue weighted by Crippen LogP contribution is -2.29. The summed E-state index contributed by atoms with van der Waals surface area (Å²) in [7, 11) is -3.44. The lowest BCUT2D eigenvalue weighted by Gasteiger charge is -2.23. The van der Waals surface area contributed by atoms with Crippen LogP contribution in [0.15, 0.2) is 30.5 Å². The largest absolute Gasteiger partial charge is 0.474 e. The van der Waals surface area contributed by atoms with E-state index in [1.165, 1.54) is 0 Å². The maximum atomic E-state index is 12.4. The van der Waals surface area contributed by atoms with Crippen LogP contribution in [-0.4, -0.2) is 55.4 Å². The van der Waals surface area contributed by atoms with Gasteiger partial charge in [0.1, 0.15) is 0 Å². The van der Waals surface area contributed by atoms with E-state index < -0.39 is 7.82 Å². The quantitative estimate of drug-likeness (QED) is 0.320. The fourth-order valence-corrected chi connectivity index (χ4v) is 4.67. The van der Waals surface area contributed by atoms with Crippen molar-refractivity contribution in [3.63, 3.8) is 0 Å². The van der Waals surface area contributed by atoms with E-state index in [-0.39, 0.29) is 0 Å². The third-order valence-corrected chi connectivity index (χ3v) is 6.78. The molecule has 0 aliphatic carbocycles. The zero-order valence-corrected chi connectivity index (χ0v) is 20.6. The first kappa shape index (κ1) is 26.0. The van der Waals surface area contributed by atoms with Gasteiger partial charge >= 0.3 is 7.82 Å². The first-order valence-electron chi connectivity index (χ1n) is 11.0. The van der Waals surface area contributed by atoms with Crippen LogP contribution in [0, 0.1) is 0 Å². The summed E-state index contributed by atoms with van der Waals surface area (Å²) in [5.41, 5.74) is 1.95. The zero-order chi connectivity index (χ0) is 22.7. The molecular formula is C22H35ClN3O4P. The summed E-state index contributed by atoms with van der Waals surface area (Å²) in [6, 6.07) is 8.08. The van der Waals surface area contributed by atoms with E-state index >= 15 is 0 Å². The zero-order valence-electron chi connectivity index (χ0n) is 19.0. The van der Waals surface area contributed by atoms with E-state index in [1.807, 2.05) is 24.3 Å². The van der Waals surface area contributed by atoms with Crippen molar-refractivity contribution in [3.8, 4) is 0 Å².